The third-order valence-electron chi connectivity index (χ3n) is 4.39. The van der Waals surface area contributed by atoms with Crippen molar-refractivity contribution in [3.8, 4) is 0 Å². The fraction of sp³-hybridized carbons (Fsp3) is 0.238. The number of benzene rings is 2. The quantitative estimate of drug-likeness (QED) is 0.614. The van der Waals surface area contributed by atoms with Crippen molar-refractivity contribution in [2.24, 2.45) is 0 Å². The second kappa shape index (κ2) is 8.04. The second-order valence-corrected chi connectivity index (χ2v) is 6.69. The molecule has 0 radical (unpaired) electrons. The molecule has 1 aliphatic heterocycles. The molecule has 28 heavy (non-hydrogen) atoms. The predicted octanol–water partition coefficient (Wildman–Crippen LogP) is 2.52. The molecule has 0 aromatic heterocycles. The van der Waals surface area contributed by atoms with Gasteiger partial charge in [-0.3, -0.25) is 24.1 Å². The van der Waals surface area contributed by atoms with E-state index in [1.165, 1.54) is 6.07 Å². The van der Waals surface area contributed by atoms with Crippen LogP contribution in [0.15, 0.2) is 48.5 Å². The first-order chi connectivity index (χ1) is 13.4. The van der Waals surface area contributed by atoms with Gasteiger partial charge in [0.15, 0.2) is 6.61 Å². The zero-order valence-electron chi connectivity index (χ0n) is 15.6. The Bertz CT molecular complexity index is 951. The number of carbonyl (C=O) groups excluding carboxylic acids is 4. The van der Waals surface area contributed by atoms with Crippen molar-refractivity contribution in [2.75, 3.05) is 23.4 Å². The minimum Gasteiger partial charge on any atom is -0.454 e. The van der Waals surface area contributed by atoms with Gasteiger partial charge in [-0.2, -0.15) is 0 Å². The molecule has 1 aliphatic rings. The SMILES string of the molecule is CC(C)c1ccccc1NC(=O)COC(=O)CN1C(=O)C(=O)c2ccccc21. The van der Waals surface area contributed by atoms with Crippen molar-refractivity contribution in [2.45, 2.75) is 19.8 Å². The van der Waals surface area contributed by atoms with Crippen LogP contribution in [0.5, 0.6) is 0 Å². The number of hydrogen-bond acceptors (Lipinski definition) is 5. The van der Waals surface area contributed by atoms with Gasteiger partial charge in [0.25, 0.3) is 17.6 Å². The number of para-hydroxylation sites is 2. The lowest BCUT2D eigenvalue weighted by molar-refractivity contribution is -0.146. The Morgan fingerprint density at radius 1 is 1.04 bits per heavy atom. The molecule has 7 nitrogen and oxygen atoms in total. The van der Waals surface area contributed by atoms with E-state index in [0.29, 0.717) is 11.4 Å². The summed E-state index contributed by atoms with van der Waals surface area (Å²) in [5.74, 6) is -2.48. The molecule has 0 aliphatic carbocycles. The van der Waals surface area contributed by atoms with Crippen LogP contribution in [0.2, 0.25) is 0 Å². The normalized spacial score (nSPS) is 12.9. The number of fused-ring (bicyclic) bond motifs is 1. The zero-order valence-corrected chi connectivity index (χ0v) is 15.6. The third kappa shape index (κ3) is 3.93. The Labute approximate surface area is 162 Å². The fourth-order valence-corrected chi connectivity index (χ4v) is 3.03. The Hall–Kier alpha value is -3.48. The molecule has 0 unspecified atom stereocenters. The van der Waals surface area contributed by atoms with Gasteiger partial charge < -0.3 is 10.1 Å². The van der Waals surface area contributed by atoms with E-state index < -0.39 is 36.7 Å². The summed E-state index contributed by atoms with van der Waals surface area (Å²) >= 11 is 0. The molecule has 0 atom stereocenters. The molecule has 0 saturated carbocycles. The van der Waals surface area contributed by atoms with E-state index in [2.05, 4.69) is 5.32 Å². The van der Waals surface area contributed by atoms with Crippen LogP contribution in [-0.4, -0.2) is 36.7 Å². The summed E-state index contributed by atoms with van der Waals surface area (Å²) in [7, 11) is 0. The summed E-state index contributed by atoms with van der Waals surface area (Å²) in [6.07, 6.45) is 0. The van der Waals surface area contributed by atoms with E-state index in [1.54, 1.807) is 30.3 Å². The van der Waals surface area contributed by atoms with Gasteiger partial charge in [0.2, 0.25) is 0 Å². The molecule has 2 aromatic carbocycles. The standard InChI is InChI=1S/C21H20N2O5/c1-13(2)14-7-3-5-9-16(14)22-18(24)12-28-19(25)11-23-17-10-6-4-8-15(17)20(26)21(23)27/h3-10,13H,11-12H2,1-2H3,(H,22,24). The van der Waals surface area contributed by atoms with Gasteiger partial charge in [0, 0.05) is 5.69 Å². The van der Waals surface area contributed by atoms with Crippen LogP contribution < -0.4 is 10.2 Å². The lowest BCUT2D eigenvalue weighted by atomic mass is 10.0. The van der Waals surface area contributed by atoms with E-state index >= 15 is 0 Å². The van der Waals surface area contributed by atoms with Gasteiger partial charge in [0.1, 0.15) is 6.54 Å². The highest BCUT2D eigenvalue weighted by molar-refractivity contribution is 6.52. The first-order valence-electron chi connectivity index (χ1n) is 8.88. The number of hydrogen-bond donors (Lipinski definition) is 1. The van der Waals surface area contributed by atoms with Crippen molar-refractivity contribution in [3.63, 3.8) is 0 Å². The first kappa shape index (κ1) is 19.3. The Kier molecular flexibility index (Phi) is 5.54. The number of ether oxygens (including phenoxy) is 1. The smallest absolute Gasteiger partial charge is 0.326 e. The van der Waals surface area contributed by atoms with Gasteiger partial charge in [-0.25, -0.2) is 0 Å². The average Bonchev–Trinajstić information content (AvgIpc) is 2.92. The maximum absolute atomic E-state index is 12.1. The number of nitrogens with zero attached hydrogens (tertiary/aromatic N) is 1. The molecule has 0 bridgehead atoms. The van der Waals surface area contributed by atoms with Crippen LogP contribution in [0, 0.1) is 0 Å². The zero-order chi connectivity index (χ0) is 20.3. The van der Waals surface area contributed by atoms with Crippen LogP contribution in [0.1, 0.15) is 35.7 Å². The molecule has 0 saturated heterocycles. The summed E-state index contributed by atoms with van der Waals surface area (Å²) in [6, 6.07) is 13.8. The molecule has 1 N–H and O–H groups in total. The lowest BCUT2D eigenvalue weighted by Gasteiger charge is -2.16. The molecule has 0 spiro atoms. The number of ketones is 1. The number of carbonyl (C=O) groups is 4. The van der Waals surface area contributed by atoms with Crippen LogP contribution in [0.4, 0.5) is 11.4 Å². The molecular formula is C21H20N2O5. The summed E-state index contributed by atoms with van der Waals surface area (Å²) in [5.41, 5.74) is 2.25. The van der Waals surface area contributed by atoms with Crippen LogP contribution in [0.3, 0.4) is 0 Å². The van der Waals surface area contributed by atoms with Crippen molar-refractivity contribution in [1.29, 1.82) is 0 Å². The first-order valence-corrected chi connectivity index (χ1v) is 8.88. The topological polar surface area (TPSA) is 92.8 Å². The molecule has 144 valence electrons. The highest BCUT2D eigenvalue weighted by atomic mass is 16.5. The van der Waals surface area contributed by atoms with E-state index in [9.17, 15) is 19.2 Å². The molecule has 2 amide bonds. The largest absolute Gasteiger partial charge is 0.454 e. The van der Waals surface area contributed by atoms with Gasteiger partial charge in [-0.05, 0) is 29.7 Å². The van der Waals surface area contributed by atoms with Gasteiger partial charge in [-0.15, -0.1) is 0 Å². The maximum atomic E-state index is 12.1. The highest BCUT2D eigenvalue weighted by Gasteiger charge is 2.36. The van der Waals surface area contributed by atoms with Gasteiger partial charge >= 0.3 is 5.97 Å². The maximum Gasteiger partial charge on any atom is 0.326 e. The number of amides is 2. The summed E-state index contributed by atoms with van der Waals surface area (Å²) in [6.45, 7) is 3.11. The van der Waals surface area contributed by atoms with Crippen LogP contribution >= 0.6 is 0 Å². The Morgan fingerprint density at radius 2 is 1.71 bits per heavy atom. The molecule has 1 heterocycles. The van der Waals surface area contributed by atoms with Crippen molar-refractivity contribution >= 4 is 34.9 Å². The Morgan fingerprint density at radius 3 is 2.46 bits per heavy atom. The van der Waals surface area contributed by atoms with Crippen LogP contribution in [-0.2, 0) is 19.1 Å². The fourth-order valence-electron chi connectivity index (χ4n) is 3.03. The minimum absolute atomic E-state index is 0.220. The average molecular weight is 380 g/mol. The highest BCUT2D eigenvalue weighted by Crippen LogP contribution is 2.28. The van der Waals surface area contributed by atoms with Crippen molar-refractivity contribution in [1.82, 2.24) is 0 Å². The lowest BCUT2D eigenvalue weighted by Crippen LogP contribution is -2.36. The number of anilines is 2. The second-order valence-electron chi connectivity index (χ2n) is 6.69. The number of rotatable bonds is 6. The molecule has 3 rings (SSSR count). The number of esters is 1. The van der Waals surface area contributed by atoms with E-state index in [1.807, 2.05) is 26.0 Å². The van der Waals surface area contributed by atoms with E-state index in [4.69, 9.17) is 4.74 Å². The predicted molar refractivity (Wildman–Crippen MR) is 103 cm³/mol. The van der Waals surface area contributed by atoms with Crippen molar-refractivity contribution in [3.05, 3.63) is 59.7 Å². The number of Topliss-reactive ketones (excluding diaryl/α,β-unsaturated/α-hetero) is 1. The Balaban J connectivity index is 1.57. The molecule has 2 aromatic rings. The number of nitrogens with one attached hydrogen (secondary N) is 1. The molecule has 7 heteroatoms. The van der Waals surface area contributed by atoms with Crippen LogP contribution in [0.25, 0.3) is 0 Å². The summed E-state index contributed by atoms with van der Waals surface area (Å²) < 4.78 is 4.98. The third-order valence-corrected chi connectivity index (χ3v) is 4.39. The van der Waals surface area contributed by atoms with Gasteiger partial charge in [-0.1, -0.05) is 44.2 Å². The minimum atomic E-state index is -0.784. The van der Waals surface area contributed by atoms with E-state index in [-0.39, 0.29) is 11.5 Å². The molecular weight excluding hydrogens is 360 g/mol. The summed E-state index contributed by atoms with van der Waals surface area (Å²) in [5, 5.41) is 2.72. The van der Waals surface area contributed by atoms with Crippen molar-refractivity contribution < 1.29 is 23.9 Å². The monoisotopic (exact) mass is 380 g/mol. The summed E-state index contributed by atoms with van der Waals surface area (Å²) in [4.78, 5) is 49.3. The van der Waals surface area contributed by atoms with Gasteiger partial charge in [0.05, 0.1) is 11.3 Å². The van der Waals surface area contributed by atoms with E-state index in [0.717, 1.165) is 10.5 Å². The molecule has 0 fully saturated rings.